The molecule has 1 saturated carbocycles. The van der Waals surface area contributed by atoms with Crippen molar-refractivity contribution in [3.8, 4) is 0 Å². The SMILES string of the molecule is CC(C(=O)NC1CCCCC1)N(CCc1ccccc1)C(=O)CSCc1cccc(Cl)c1. The highest BCUT2D eigenvalue weighted by Gasteiger charge is 2.27. The van der Waals surface area contributed by atoms with Crippen LogP contribution in [0, 0.1) is 0 Å². The van der Waals surface area contributed by atoms with Gasteiger partial charge in [-0.3, -0.25) is 9.59 Å². The molecule has 172 valence electrons. The number of amides is 2. The molecule has 1 aliphatic rings. The highest BCUT2D eigenvalue weighted by atomic mass is 35.5. The van der Waals surface area contributed by atoms with E-state index in [9.17, 15) is 9.59 Å². The van der Waals surface area contributed by atoms with E-state index < -0.39 is 6.04 Å². The molecule has 1 N–H and O–H groups in total. The molecule has 2 aromatic rings. The summed E-state index contributed by atoms with van der Waals surface area (Å²) < 4.78 is 0. The van der Waals surface area contributed by atoms with Gasteiger partial charge in [0.1, 0.15) is 6.04 Å². The van der Waals surface area contributed by atoms with Gasteiger partial charge in [0.25, 0.3) is 0 Å². The average Bonchev–Trinajstić information content (AvgIpc) is 2.80. The van der Waals surface area contributed by atoms with E-state index in [0.29, 0.717) is 23.1 Å². The molecule has 4 nitrogen and oxygen atoms in total. The summed E-state index contributed by atoms with van der Waals surface area (Å²) in [5.74, 6) is 1.00. The molecule has 0 saturated heterocycles. The number of benzene rings is 2. The van der Waals surface area contributed by atoms with Crippen molar-refractivity contribution >= 4 is 35.2 Å². The third-order valence-corrected chi connectivity index (χ3v) is 7.21. The summed E-state index contributed by atoms with van der Waals surface area (Å²) >= 11 is 7.62. The highest BCUT2D eigenvalue weighted by molar-refractivity contribution is 7.99. The number of carbonyl (C=O) groups is 2. The molecule has 2 aromatic carbocycles. The molecule has 0 heterocycles. The van der Waals surface area contributed by atoms with E-state index in [2.05, 4.69) is 17.4 Å². The first-order valence-electron chi connectivity index (χ1n) is 11.5. The van der Waals surface area contributed by atoms with Crippen molar-refractivity contribution in [2.75, 3.05) is 12.3 Å². The minimum Gasteiger partial charge on any atom is -0.352 e. The largest absolute Gasteiger partial charge is 0.352 e. The van der Waals surface area contributed by atoms with Crippen LogP contribution in [0.1, 0.15) is 50.2 Å². The third kappa shape index (κ3) is 7.86. The van der Waals surface area contributed by atoms with Crippen molar-refractivity contribution in [1.29, 1.82) is 0 Å². The van der Waals surface area contributed by atoms with Gasteiger partial charge in [0.15, 0.2) is 0 Å². The predicted octanol–water partition coefficient (Wildman–Crippen LogP) is 5.48. The maximum atomic E-state index is 13.2. The van der Waals surface area contributed by atoms with Crippen LogP contribution in [-0.4, -0.2) is 41.1 Å². The van der Waals surface area contributed by atoms with E-state index in [1.54, 1.807) is 16.7 Å². The molecule has 1 unspecified atom stereocenters. The fourth-order valence-corrected chi connectivity index (χ4v) is 5.18. The van der Waals surface area contributed by atoms with Crippen LogP contribution in [0.25, 0.3) is 0 Å². The monoisotopic (exact) mass is 472 g/mol. The Labute approximate surface area is 201 Å². The minimum atomic E-state index is -0.486. The van der Waals surface area contributed by atoms with Crippen molar-refractivity contribution in [2.45, 2.75) is 63.3 Å². The summed E-state index contributed by atoms with van der Waals surface area (Å²) in [6, 6.07) is 17.6. The number of rotatable bonds is 10. The first kappa shape index (κ1) is 24.7. The van der Waals surface area contributed by atoms with E-state index in [1.165, 1.54) is 6.42 Å². The summed E-state index contributed by atoms with van der Waals surface area (Å²) in [7, 11) is 0. The Hall–Kier alpha value is -1.98. The van der Waals surface area contributed by atoms with E-state index in [4.69, 9.17) is 11.6 Å². The zero-order chi connectivity index (χ0) is 22.8. The lowest BCUT2D eigenvalue weighted by atomic mass is 9.95. The van der Waals surface area contributed by atoms with Crippen molar-refractivity contribution in [3.63, 3.8) is 0 Å². The van der Waals surface area contributed by atoms with E-state index in [1.807, 2.05) is 49.4 Å². The smallest absolute Gasteiger partial charge is 0.242 e. The predicted molar refractivity (Wildman–Crippen MR) is 134 cm³/mol. The lowest BCUT2D eigenvalue weighted by Gasteiger charge is -2.31. The van der Waals surface area contributed by atoms with Gasteiger partial charge in [0.2, 0.25) is 11.8 Å². The van der Waals surface area contributed by atoms with Crippen molar-refractivity contribution in [2.24, 2.45) is 0 Å². The molecule has 1 aliphatic carbocycles. The lowest BCUT2D eigenvalue weighted by Crippen LogP contribution is -2.51. The zero-order valence-corrected chi connectivity index (χ0v) is 20.3. The van der Waals surface area contributed by atoms with Crippen LogP contribution in [0.15, 0.2) is 54.6 Å². The molecular weight excluding hydrogens is 440 g/mol. The van der Waals surface area contributed by atoms with Gasteiger partial charge in [0.05, 0.1) is 5.75 Å². The van der Waals surface area contributed by atoms with Crippen LogP contribution in [0.5, 0.6) is 0 Å². The van der Waals surface area contributed by atoms with Crippen molar-refractivity contribution in [1.82, 2.24) is 10.2 Å². The molecule has 0 bridgehead atoms. The minimum absolute atomic E-state index is 0.000691. The van der Waals surface area contributed by atoms with Crippen LogP contribution < -0.4 is 5.32 Å². The fourth-order valence-electron chi connectivity index (χ4n) is 4.10. The first-order valence-corrected chi connectivity index (χ1v) is 13.0. The zero-order valence-electron chi connectivity index (χ0n) is 18.8. The molecule has 0 aliphatic heterocycles. The van der Waals surface area contributed by atoms with Crippen LogP contribution in [0.3, 0.4) is 0 Å². The van der Waals surface area contributed by atoms with Gasteiger partial charge in [-0.15, -0.1) is 11.8 Å². The second-order valence-corrected chi connectivity index (χ2v) is 9.89. The summed E-state index contributed by atoms with van der Waals surface area (Å²) in [5.41, 5.74) is 2.26. The molecule has 1 fully saturated rings. The van der Waals surface area contributed by atoms with Crippen LogP contribution in [0.4, 0.5) is 0 Å². The Balaban J connectivity index is 1.60. The Morgan fingerprint density at radius 1 is 1.06 bits per heavy atom. The van der Waals surface area contributed by atoms with Gasteiger partial charge in [-0.05, 0) is 49.4 Å². The summed E-state index contributed by atoms with van der Waals surface area (Å²) in [5, 5.41) is 3.89. The number of nitrogens with zero attached hydrogens (tertiary/aromatic N) is 1. The van der Waals surface area contributed by atoms with Crippen LogP contribution in [0.2, 0.25) is 5.02 Å². The summed E-state index contributed by atoms with van der Waals surface area (Å²) in [4.78, 5) is 27.9. The first-order chi connectivity index (χ1) is 15.5. The van der Waals surface area contributed by atoms with E-state index >= 15 is 0 Å². The third-order valence-electron chi connectivity index (χ3n) is 5.99. The normalized spacial score (nSPS) is 15.2. The molecule has 2 amide bonds. The molecule has 1 atom stereocenters. The van der Waals surface area contributed by atoms with Gasteiger partial charge in [-0.2, -0.15) is 0 Å². The quantitative estimate of drug-likeness (QED) is 0.498. The fraction of sp³-hybridized carbons (Fsp3) is 0.462. The Kier molecular flexibility index (Phi) is 9.94. The number of carbonyl (C=O) groups excluding carboxylic acids is 2. The number of hydrogen-bond acceptors (Lipinski definition) is 3. The molecule has 6 heteroatoms. The van der Waals surface area contributed by atoms with Crippen molar-refractivity contribution < 1.29 is 9.59 Å². The number of halogens is 1. The van der Waals surface area contributed by atoms with E-state index in [-0.39, 0.29) is 17.9 Å². The number of nitrogens with one attached hydrogen (secondary N) is 1. The van der Waals surface area contributed by atoms with Gasteiger partial charge >= 0.3 is 0 Å². The standard InChI is InChI=1S/C26H33ClN2O2S/c1-20(26(31)28-24-13-6-3-7-14-24)29(16-15-21-9-4-2-5-10-21)25(30)19-32-18-22-11-8-12-23(27)17-22/h2,4-5,8-12,17,20,24H,3,6-7,13-16,18-19H2,1H3,(H,28,31). The van der Waals surface area contributed by atoms with Crippen LogP contribution >= 0.6 is 23.4 Å². The summed E-state index contributed by atoms with van der Waals surface area (Å²) in [6.45, 7) is 2.38. The topological polar surface area (TPSA) is 49.4 Å². The van der Waals surface area contributed by atoms with Gasteiger partial charge in [-0.1, -0.05) is 73.3 Å². The molecule has 32 heavy (non-hydrogen) atoms. The van der Waals surface area contributed by atoms with Crippen molar-refractivity contribution in [3.05, 3.63) is 70.7 Å². The maximum absolute atomic E-state index is 13.2. The Bertz CT molecular complexity index is 871. The van der Waals surface area contributed by atoms with Gasteiger partial charge < -0.3 is 10.2 Å². The van der Waals surface area contributed by atoms with Gasteiger partial charge in [0, 0.05) is 23.4 Å². The molecule has 3 rings (SSSR count). The molecule has 0 aromatic heterocycles. The Morgan fingerprint density at radius 3 is 2.50 bits per heavy atom. The van der Waals surface area contributed by atoms with E-state index in [0.717, 1.165) is 43.2 Å². The maximum Gasteiger partial charge on any atom is 0.242 e. The molecular formula is C26H33ClN2O2S. The summed E-state index contributed by atoms with van der Waals surface area (Å²) in [6.07, 6.45) is 6.37. The molecule has 0 radical (unpaired) electrons. The average molecular weight is 473 g/mol. The Morgan fingerprint density at radius 2 is 1.78 bits per heavy atom. The molecule has 0 spiro atoms. The second-order valence-electron chi connectivity index (χ2n) is 8.46. The van der Waals surface area contributed by atoms with Crippen LogP contribution in [-0.2, 0) is 21.8 Å². The number of hydrogen-bond donors (Lipinski definition) is 1. The highest BCUT2D eigenvalue weighted by Crippen LogP contribution is 2.19. The van der Waals surface area contributed by atoms with Gasteiger partial charge in [-0.25, -0.2) is 0 Å². The second kappa shape index (κ2) is 12.9. The number of thioether (sulfide) groups is 1. The lowest BCUT2D eigenvalue weighted by molar-refractivity contribution is -0.138.